The molecule has 0 spiro atoms. The van der Waals surface area contributed by atoms with Crippen LogP contribution in [0.2, 0.25) is 0 Å². The number of hydrogen-bond donors (Lipinski definition) is 2. The molecule has 0 bridgehead atoms. The number of nitrogens with one attached hydrogen (secondary N) is 2. The number of carbonyl (C=O) groups excluding carboxylic acids is 4. The zero-order chi connectivity index (χ0) is 29.8. The smallest absolute Gasteiger partial charge is 0.408 e. The molecule has 39 heavy (non-hydrogen) atoms. The fraction of sp³-hybridized carbons (Fsp3) is 0.667. The first-order chi connectivity index (χ1) is 18.2. The van der Waals surface area contributed by atoms with Crippen molar-refractivity contribution < 1.29 is 28.7 Å². The maximum Gasteiger partial charge on any atom is 0.408 e. The number of alkyl carbamates (subject to hydrolysis) is 1. The van der Waals surface area contributed by atoms with Crippen molar-refractivity contribution in [2.24, 2.45) is 5.92 Å². The molecule has 3 amide bonds. The number of carbonyl (C=O) groups is 4. The van der Waals surface area contributed by atoms with Crippen molar-refractivity contribution in [1.82, 2.24) is 15.5 Å². The summed E-state index contributed by atoms with van der Waals surface area (Å²) in [7, 11) is 0. The van der Waals surface area contributed by atoms with Gasteiger partial charge in [-0.2, -0.15) is 0 Å². The van der Waals surface area contributed by atoms with Crippen LogP contribution in [-0.4, -0.2) is 60.1 Å². The Morgan fingerprint density at radius 2 is 1.72 bits per heavy atom. The van der Waals surface area contributed by atoms with E-state index in [9.17, 15) is 19.2 Å². The van der Waals surface area contributed by atoms with Crippen LogP contribution in [0.15, 0.2) is 18.2 Å². The monoisotopic (exact) mass is 547 g/mol. The minimum Gasteiger partial charge on any atom is -0.466 e. The second-order valence-corrected chi connectivity index (χ2v) is 11.0. The van der Waals surface area contributed by atoms with E-state index in [1.54, 1.807) is 32.6 Å². The summed E-state index contributed by atoms with van der Waals surface area (Å²) in [6, 6.07) is 3.96. The summed E-state index contributed by atoms with van der Waals surface area (Å²) in [5.41, 5.74) is 1.79. The van der Waals surface area contributed by atoms with Gasteiger partial charge >= 0.3 is 12.1 Å². The fourth-order valence-corrected chi connectivity index (χ4v) is 4.11. The average molecular weight is 548 g/mol. The van der Waals surface area contributed by atoms with E-state index in [2.05, 4.69) is 10.6 Å². The minimum atomic E-state index is -0.946. The zero-order valence-corrected chi connectivity index (χ0v) is 25.3. The van der Waals surface area contributed by atoms with Crippen LogP contribution in [0.25, 0.3) is 0 Å². The van der Waals surface area contributed by atoms with E-state index in [0.717, 1.165) is 17.5 Å². The van der Waals surface area contributed by atoms with Gasteiger partial charge in [-0.1, -0.05) is 57.4 Å². The Balaban J connectivity index is 3.51. The first kappa shape index (κ1) is 33.9. The molecule has 0 fully saturated rings. The number of unbranched alkanes of at least 4 members (excludes halogenated alkanes) is 1. The summed E-state index contributed by atoms with van der Waals surface area (Å²) in [6.07, 6.45) is 1.45. The topological polar surface area (TPSA) is 114 Å². The Hall–Kier alpha value is -3.10. The summed E-state index contributed by atoms with van der Waals surface area (Å²) in [5.74, 6) is -1.36. The van der Waals surface area contributed by atoms with Gasteiger partial charge in [-0.3, -0.25) is 14.4 Å². The normalized spacial score (nSPS) is 13.6. The predicted octanol–water partition coefficient (Wildman–Crippen LogP) is 4.98. The Kier molecular flexibility index (Phi) is 14.0. The highest BCUT2D eigenvalue weighted by Crippen LogP contribution is 2.28. The van der Waals surface area contributed by atoms with Crippen LogP contribution in [0.5, 0.6) is 0 Å². The van der Waals surface area contributed by atoms with Crippen molar-refractivity contribution in [1.29, 1.82) is 0 Å². The average Bonchev–Trinajstić information content (AvgIpc) is 2.85. The largest absolute Gasteiger partial charge is 0.466 e. The Morgan fingerprint density at radius 3 is 2.28 bits per heavy atom. The second-order valence-electron chi connectivity index (χ2n) is 11.0. The van der Waals surface area contributed by atoms with Crippen LogP contribution in [0, 0.1) is 19.8 Å². The lowest BCUT2D eigenvalue weighted by molar-refractivity contribution is -0.145. The van der Waals surface area contributed by atoms with E-state index in [1.165, 1.54) is 0 Å². The maximum atomic E-state index is 14.2. The molecule has 2 N–H and O–H groups in total. The molecule has 0 saturated carbocycles. The quantitative estimate of drug-likeness (QED) is 0.318. The van der Waals surface area contributed by atoms with Gasteiger partial charge < -0.3 is 25.0 Å². The molecule has 0 aliphatic carbocycles. The number of hydrogen-bond acceptors (Lipinski definition) is 6. The summed E-state index contributed by atoms with van der Waals surface area (Å²) < 4.78 is 10.4. The third-order valence-corrected chi connectivity index (χ3v) is 6.41. The molecule has 0 aliphatic rings. The highest BCUT2D eigenvalue weighted by atomic mass is 16.6. The van der Waals surface area contributed by atoms with Crippen molar-refractivity contribution in [3.63, 3.8) is 0 Å². The van der Waals surface area contributed by atoms with Gasteiger partial charge in [-0.15, -0.1) is 0 Å². The predicted molar refractivity (Wildman–Crippen MR) is 152 cm³/mol. The maximum absolute atomic E-state index is 14.2. The number of benzene rings is 1. The van der Waals surface area contributed by atoms with Crippen molar-refractivity contribution in [3.8, 4) is 0 Å². The summed E-state index contributed by atoms with van der Waals surface area (Å²) >= 11 is 0. The molecule has 0 aromatic heterocycles. The van der Waals surface area contributed by atoms with Crippen molar-refractivity contribution in [2.75, 3.05) is 19.7 Å². The second kappa shape index (κ2) is 16.1. The van der Waals surface area contributed by atoms with Crippen LogP contribution >= 0.6 is 0 Å². The first-order valence-electron chi connectivity index (χ1n) is 14.1. The molecule has 0 heterocycles. The lowest BCUT2D eigenvalue weighted by atomic mass is 9.93. The molecule has 3 unspecified atom stereocenters. The van der Waals surface area contributed by atoms with Crippen LogP contribution in [-0.2, 0) is 23.9 Å². The van der Waals surface area contributed by atoms with Crippen molar-refractivity contribution >= 4 is 23.9 Å². The van der Waals surface area contributed by atoms with Gasteiger partial charge in [0, 0.05) is 13.1 Å². The Bertz CT molecular complexity index is 972. The van der Waals surface area contributed by atoms with Crippen molar-refractivity contribution in [3.05, 3.63) is 34.9 Å². The van der Waals surface area contributed by atoms with Gasteiger partial charge in [0.25, 0.3) is 0 Å². The molecule has 3 atom stereocenters. The molecule has 220 valence electrons. The molecule has 9 heteroatoms. The number of nitrogens with zero attached hydrogens (tertiary/aromatic N) is 1. The standard InChI is InChI=1S/C30H49N3O6/c1-10-13-18-33(28(36)25(21(5)11-2)32-29(37)39-30(7,8)9)26(23-19-20(4)14-15-22(23)6)27(35)31-17-16-24(34)38-12-3/h14-15,19,21,25-26H,10-13,16-18H2,1-9H3,(H,31,35)(H,32,37). The lowest BCUT2D eigenvalue weighted by Crippen LogP contribution is -2.55. The van der Waals surface area contributed by atoms with Gasteiger partial charge in [0.05, 0.1) is 13.0 Å². The van der Waals surface area contributed by atoms with E-state index in [4.69, 9.17) is 9.47 Å². The third-order valence-electron chi connectivity index (χ3n) is 6.41. The van der Waals surface area contributed by atoms with E-state index in [0.29, 0.717) is 24.9 Å². The molecule has 0 aliphatic heterocycles. The molecular formula is C30H49N3O6. The molecular weight excluding hydrogens is 498 g/mol. The third kappa shape index (κ3) is 11.3. The molecule has 1 aromatic rings. The van der Waals surface area contributed by atoms with E-state index in [1.807, 2.05) is 52.8 Å². The zero-order valence-electron chi connectivity index (χ0n) is 25.3. The number of esters is 1. The molecule has 0 saturated heterocycles. The highest BCUT2D eigenvalue weighted by Gasteiger charge is 2.38. The molecule has 1 rings (SSSR count). The van der Waals surface area contributed by atoms with Crippen LogP contribution < -0.4 is 10.6 Å². The van der Waals surface area contributed by atoms with E-state index in [-0.39, 0.29) is 31.4 Å². The number of ether oxygens (including phenoxy) is 2. The van der Waals surface area contributed by atoms with Gasteiger partial charge in [0.15, 0.2) is 0 Å². The highest BCUT2D eigenvalue weighted by molar-refractivity contribution is 5.92. The summed E-state index contributed by atoms with van der Waals surface area (Å²) in [5, 5.41) is 5.62. The van der Waals surface area contributed by atoms with Gasteiger partial charge in [-0.25, -0.2) is 4.79 Å². The lowest BCUT2D eigenvalue weighted by Gasteiger charge is -2.36. The van der Waals surface area contributed by atoms with Crippen LogP contribution in [0.3, 0.4) is 0 Å². The van der Waals surface area contributed by atoms with Crippen molar-refractivity contribution in [2.45, 2.75) is 106 Å². The van der Waals surface area contributed by atoms with Gasteiger partial charge in [-0.05, 0) is 65.0 Å². The number of rotatable bonds is 14. The van der Waals surface area contributed by atoms with Gasteiger partial charge in [0.1, 0.15) is 17.7 Å². The SMILES string of the molecule is CCCCN(C(=O)C(NC(=O)OC(C)(C)C)C(C)CC)C(C(=O)NCCC(=O)OCC)c1cc(C)ccc1C. The summed E-state index contributed by atoms with van der Waals surface area (Å²) in [6.45, 7) is 17.4. The van der Waals surface area contributed by atoms with Crippen LogP contribution in [0.4, 0.5) is 4.79 Å². The number of amides is 3. The molecule has 0 radical (unpaired) electrons. The van der Waals surface area contributed by atoms with E-state index >= 15 is 0 Å². The number of aryl methyl sites for hydroxylation is 2. The van der Waals surface area contributed by atoms with E-state index < -0.39 is 35.7 Å². The molecule has 1 aromatic carbocycles. The first-order valence-corrected chi connectivity index (χ1v) is 14.1. The fourth-order valence-electron chi connectivity index (χ4n) is 4.11. The molecule has 9 nitrogen and oxygen atoms in total. The Labute approximate surface area is 234 Å². The van der Waals surface area contributed by atoms with Gasteiger partial charge in [0.2, 0.25) is 11.8 Å². The van der Waals surface area contributed by atoms with Crippen LogP contribution in [0.1, 0.15) is 96.9 Å². The summed E-state index contributed by atoms with van der Waals surface area (Å²) in [4.78, 5) is 54.2. The minimum absolute atomic E-state index is 0.0255. The Morgan fingerprint density at radius 1 is 1.05 bits per heavy atom.